The molecule has 0 aromatic heterocycles. The lowest BCUT2D eigenvalue weighted by molar-refractivity contribution is 0.109. The van der Waals surface area contributed by atoms with E-state index >= 15 is 0 Å². The summed E-state index contributed by atoms with van der Waals surface area (Å²) in [5.74, 6) is 0. The molecule has 1 spiro atoms. The Morgan fingerprint density at radius 3 is 2.13 bits per heavy atom. The van der Waals surface area contributed by atoms with Gasteiger partial charge in [0.05, 0.1) is 0 Å². The molecular weight excluding hydrogens is 278 g/mol. The smallest absolute Gasteiger partial charge is 0.00301 e. The summed E-state index contributed by atoms with van der Waals surface area (Å²) in [6.07, 6.45) is 5.30. The van der Waals surface area contributed by atoms with Crippen molar-refractivity contribution in [3.8, 4) is 0 Å². The molecule has 1 fully saturated rings. The summed E-state index contributed by atoms with van der Waals surface area (Å²) in [6, 6.07) is 4.81. The summed E-state index contributed by atoms with van der Waals surface area (Å²) in [5.41, 5.74) is 7.25. The van der Waals surface area contributed by atoms with E-state index < -0.39 is 0 Å². The number of nitrogens with zero attached hydrogens (tertiary/aromatic N) is 1. The highest BCUT2D eigenvalue weighted by Gasteiger charge is 2.45. The van der Waals surface area contributed by atoms with Gasteiger partial charge in [-0.05, 0) is 68.3 Å². The van der Waals surface area contributed by atoms with Crippen LogP contribution in [-0.2, 0) is 11.8 Å². The van der Waals surface area contributed by atoms with Gasteiger partial charge in [-0.2, -0.15) is 0 Å². The van der Waals surface area contributed by atoms with Crippen LogP contribution < -0.4 is 0 Å². The van der Waals surface area contributed by atoms with Gasteiger partial charge in [-0.25, -0.2) is 0 Å². The van der Waals surface area contributed by atoms with Gasteiger partial charge in [0.15, 0.2) is 0 Å². The van der Waals surface area contributed by atoms with Crippen LogP contribution >= 0.6 is 0 Å². The van der Waals surface area contributed by atoms with Gasteiger partial charge < -0.3 is 4.90 Å². The zero-order valence-electron chi connectivity index (χ0n) is 16.6. The maximum absolute atomic E-state index is 2.67. The van der Waals surface area contributed by atoms with E-state index in [4.69, 9.17) is 0 Å². The third-order valence-electron chi connectivity index (χ3n) is 5.21. The van der Waals surface area contributed by atoms with Crippen molar-refractivity contribution in [3.63, 3.8) is 0 Å². The summed E-state index contributed by atoms with van der Waals surface area (Å²) in [7, 11) is 0. The van der Waals surface area contributed by atoms with Gasteiger partial charge in [0.1, 0.15) is 0 Å². The molecule has 2 aliphatic rings. The molecule has 1 aliphatic heterocycles. The summed E-state index contributed by atoms with van der Waals surface area (Å²) < 4.78 is 0. The lowest BCUT2D eigenvalue weighted by Crippen LogP contribution is -2.50. The van der Waals surface area contributed by atoms with Crippen LogP contribution in [0.3, 0.4) is 0 Å². The van der Waals surface area contributed by atoms with Gasteiger partial charge in [-0.1, -0.05) is 58.7 Å². The van der Waals surface area contributed by atoms with Gasteiger partial charge in [-0.15, -0.1) is 0 Å². The van der Waals surface area contributed by atoms with Crippen molar-refractivity contribution in [2.24, 2.45) is 5.41 Å². The quantitative estimate of drug-likeness (QED) is 0.646. The van der Waals surface area contributed by atoms with Crippen LogP contribution in [0, 0.1) is 19.3 Å². The van der Waals surface area contributed by atoms with Crippen LogP contribution in [0.25, 0.3) is 0 Å². The van der Waals surface area contributed by atoms with E-state index in [1.54, 1.807) is 11.1 Å². The largest absolute Gasteiger partial charge is 0.303 e. The van der Waals surface area contributed by atoms with Gasteiger partial charge in [0, 0.05) is 12.0 Å². The minimum absolute atomic E-state index is 0.426. The average Bonchev–Trinajstić information content (AvgIpc) is 2.42. The Morgan fingerprint density at radius 1 is 1.04 bits per heavy atom. The highest BCUT2D eigenvalue weighted by atomic mass is 15.1. The fourth-order valence-electron chi connectivity index (χ4n) is 4.29. The number of hydrogen-bond donors (Lipinski definition) is 0. The molecule has 23 heavy (non-hydrogen) atoms. The Labute approximate surface area is 144 Å². The van der Waals surface area contributed by atoms with Gasteiger partial charge in [0.2, 0.25) is 0 Å². The van der Waals surface area contributed by atoms with Crippen molar-refractivity contribution in [1.29, 1.82) is 0 Å². The maximum Gasteiger partial charge on any atom is 0.00301 e. The number of aryl methyl sites for hydroxylation is 2. The fraction of sp³-hybridized carbons (Fsp3) is 0.727. The van der Waals surface area contributed by atoms with Crippen LogP contribution in [0.15, 0.2) is 12.1 Å². The minimum Gasteiger partial charge on any atom is -0.303 e. The number of fused-ring (bicyclic) bond motifs is 2. The first-order valence-corrected chi connectivity index (χ1v) is 9.54. The Bertz CT molecular complexity index is 528. The van der Waals surface area contributed by atoms with Crippen molar-refractivity contribution in [3.05, 3.63) is 34.4 Å². The molecule has 3 rings (SSSR count). The van der Waals surface area contributed by atoms with Gasteiger partial charge in [0.25, 0.3) is 0 Å². The zero-order valence-corrected chi connectivity index (χ0v) is 16.6. The maximum atomic E-state index is 2.67. The zero-order chi connectivity index (χ0) is 17.3. The van der Waals surface area contributed by atoms with Gasteiger partial charge >= 0.3 is 0 Å². The average molecular weight is 316 g/mol. The SMILES string of the molecule is CCC.Cc1cc(C)c2c(c1)C1(CCN(CC(C)(C)C)CC1)C2. The molecule has 1 aromatic carbocycles. The van der Waals surface area contributed by atoms with Crippen LogP contribution in [0.2, 0.25) is 0 Å². The number of likely N-dealkylation sites (tertiary alicyclic amines) is 1. The summed E-state index contributed by atoms with van der Waals surface area (Å²) in [5, 5.41) is 0. The molecule has 0 saturated carbocycles. The lowest BCUT2D eigenvalue weighted by atomic mass is 9.58. The first-order valence-electron chi connectivity index (χ1n) is 9.54. The molecule has 0 amide bonds. The van der Waals surface area contributed by atoms with E-state index in [9.17, 15) is 0 Å². The molecule has 130 valence electrons. The van der Waals surface area contributed by atoms with E-state index in [-0.39, 0.29) is 0 Å². The summed E-state index contributed by atoms with van der Waals surface area (Å²) in [4.78, 5) is 2.67. The van der Waals surface area contributed by atoms with Gasteiger partial charge in [-0.3, -0.25) is 0 Å². The molecule has 0 bridgehead atoms. The number of rotatable bonds is 1. The molecule has 1 nitrogen and oxygen atoms in total. The second kappa shape index (κ2) is 6.97. The van der Waals surface area contributed by atoms with Crippen molar-refractivity contribution < 1.29 is 0 Å². The number of piperidine rings is 1. The summed E-state index contributed by atoms with van der Waals surface area (Å²) >= 11 is 0. The second-order valence-corrected chi connectivity index (χ2v) is 9.11. The minimum atomic E-state index is 0.426. The van der Waals surface area contributed by atoms with E-state index in [1.165, 1.54) is 56.4 Å². The Morgan fingerprint density at radius 2 is 1.61 bits per heavy atom. The molecule has 1 aliphatic carbocycles. The summed E-state index contributed by atoms with van der Waals surface area (Å²) in [6.45, 7) is 19.6. The molecule has 0 atom stereocenters. The second-order valence-electron chi connectivity index (χ2n) is 9.11. The monoisotopic (exact) mass is 315 g/mol. The predicted molar refractivity (Wildman–Crippen MR) is 102 cm³/mol. The fourth-order valence-corrected chi connectivity index (χ4v) is 4.29. The molecule has 1 heterocycles. The molecular formula is C22H37N. The standard InChI is InChI=1S/C19H29N.C3H8/c1-14-10-15(2)16-12-19(17(16)11-14)6-8-20(9-7-19)13-18(3,4)5;1-3-2/h10-11H,6-9,12-13H2,1-5H3;3H2,1-2H3. The molecule has 1 saturated heterocycles. The third-order valence-corrected chi connectivity index (χ3v) is 5.21. The third kappa shape index (κ3) is 4.18. The van der Waals surface area contributed by atoms with E-state index in [0.717, 1.165) is 0 Å². The highest BCUT2D eigenvalue weighted by molar-refractivity contribution is 5.51. The highest BCUT2D eigenvalue weighted by Crippen LogP contribution is 2.49. The normalized spacial score (nSPS) is 19.6. The first kappa shape index (κ1) is 18.5. The molecule has 1 aromatic rings. The lowest BCUT2D eigenvalue weighted by Gasteiger charge is -2.51. The van der Waals surface area contributed by atoms with E-state index in [2.05, 4.69) is 65.5 Å². The van der Waals surface area contributed by atoms with Crippen molar-refractivity contribution in [2.75, 3.05) is 19.6 Å². The topological polar surface area (TPSA) is 3.24 Å². The van der Waals surface area contributed by atoms with Crippen LogP contribution in [0.5, 0.6) is 0 Å². The van der Waals surface area contributed by atoms with Crippen molar-refractivity contribution in [1.82, 2.24) is 4.90 Å². The molecule has 0 N–H and O–H groups in total. The number of benzene rings is 1. The van der Waals surface area contributed by atoms with E-state index in [1.807, 2.05) is 0 Å². The first-order chi connectivity index (χ1) is 10.7. The van der Waals surface area contributed by atoms with Crippen LogP contribution in [-0.4, -0.2) is 24.5 Å². The Balaban J connectivity index is 0.000000595. The molecule has 0 radical (unpaired) electrons. The predicted octanol–water partition coefficient (Wildman–Crippen LogP) is 5.66. The van der Waals surface area contributed by atoms with E-state index in [0.29, 0.717) is 10.8 Å². The number of hydrogen-bond acceptors (Lipinski definition) is 1. The Kier molecular flexibility index (Phi) is 5.61. The van der Waals surface area contributed by atoms with Crippen LogP contribution in [0.1, 0.15) is 76.1 Å². The molecule has 0 unspecified atom stereocenters. The Hall–Kier alpha value is -0.820. The van der Waals surface area contributed by atoms with Crippen LogP contribution in [0.4, 0.5) is 0 Å². The molecule has 1 heteroatoms. The van der Waals surface area contributed by atoms with Crippen molar-refractivity contribution in [2.45, 2.75) is 79.6 Å². The van der Waals surface area contributed by atoms with Crippen molar-refractivity contribution >= 4 is 0 Å².